The van der Waals surface area contributed by atoms with Crippen LogP contribution in [0, 0.1) is 11.8 Å². The fraction of sp³-hybridized carbons (Fsp3) is 0.867. The molecule has 0 bridgehead atoms. The van der Waals surface area contributed by atoms with Gasteiger partial charge in [0, 0.05) is 32.7 Å². The molecule has 0 aromatic carbocycles. The van der Waals surface area contributed by atoms with Crippen LogP contribution in [0.3, 0.4) is 0 Å². The molecule has 1 rings (SSSR count). The van der Waals surface area contributed by atoms with E-state index in [-0.39, 0.29) is 24.4 Å². The second-order valence-corrected chi connectivity index (χ2v) is 5.99. The number of ether oxygens (including phenoxy) is 1. The van der Waals surface area contributed by atoms with Gasteiger partial charge in [0.1, 0.15) is 0 Å². The topological polar surface area (TPSA) is 78.9 Å². The van der Waals surface area contributed by atoms with Crippen molar-refractivity contribution in [2.75, 3.05) is 26.8 Å². The highest BCUT2D eigenvalue weighted by atomic mass is 16.5. The summed E-state index contributed by atoms with van der Waals surface area (Å²) in [5.74, 6) is -0.0279. The number of aliphatic carboxylic acids is 1. The summed E-state index contributed by atoms with van der Waals surface area (Å²) in [6.07, 6.45) is 3.09. The standard InChI is InChI=1S/C15H28N2O4/c1-11(4-7-14(18)19)10-16-15(20)17(8-9-21-3)12(2)13-5-6-13/h11-13H,4-10H2,1-3H3,(H,16,20)(H,18,19). The molecule has 1 aliphatic rings. The lowest BCUT2D eigenvalue weighted by molar-refractivity contribution is -0.137. The van der Waals surface area contributed by atoms with Crippen molar-refractivity contribution >= 4 is 12.0 Å². The van der Waals surface area contributed by atoms with Crippen LogP contribution in [0.4, 0.5) is 4.79 Å². The van der Waals surface area contributed by atoms with Crippen molar-refractivity contribution < 1.29 is 19.4 Å². The molecule has 2 unspecified atom stereocenters. The molecule has 122 valence electrons. The summed E-state index contributed by atoms with van der Waals surface area (Å²) in [6.45, 7) is 5.66. The SMILES string of the molecule is COCCN(C(=O)NCC(C)CCC(=O)O)C(C)C1CC1. The quantitative estimate of drug-likeness (QED) is 0.646. The summed E-state index contributed by atoms with van der Waals surface area (Å²) in [6, 6.07) is 0.156. The Bertz CT molecular complexity index is 345. The second kappa shape index (κ2) is 8.87. The smallest absolute Gasteiger partial charge is 0.317 e. The van der Waals surface area contributed by atoms with E-state index in [1.807, 2.05) is 11.8 Å². The normalized spacial score (nSPS) is 17.1. The van der Waals surface area contributed by atoms with Gasteiger partial charge in [-0.05, 0) is 38.0 Å². The molecule has 0 aromatic rings. The molecule has 2 amide bonds. The number of carbonyl (C=O) groups excluding carboxylic acids is 1. The maximum absolute atomic E-state index is 12.3. The fourth-order valence-corrected chi connectivity index (χ4v) is 2.35. The van der Waals surface area contributed by atoms with E-state index in [1.165, 1.54) is 12.8 Å². The highest BCUT2D eigenvalue weighted by molar-refractivity contribution is 5.74. The number of carboxylic acid groups (broad SMARTS) is 1. The number of nitrogens with one attached hydrogen (secondary N) is 1. The van der Waals surface area contributed by atoms with Gasteiger partial charge in [0.25, 0.3) is 0 Å². The Balaban J connectivity index is 2.38. The van der Waals surface area contributed by atoms with Gasteiger partial charge in [-0.25, -0.2) is 4.79 Å². The molecule has 0 heterocycles. The largest absolute Gasteiger partial charge is 0.481 e. The minimum Gasteiger partial charge on any atom is -0.481 e. The lowest BCUT2D eigenvalue weighted by Crippen LogP contribution is -2.48. The number of methoxy groups -OCH3 is 1. The zero-order valence-electron chi connectivity index (χ0n) is 13.3. The summed E-state index contributed by atoms with van der Waals surface area (Å²) in [5.41, 5.74) is 0. The lowest BCUT2D eigenvalue weighted by atomic mass is 10.1. The van der Waals surface area contributed by atoms with Gasteiger partial charge in [0.15, 0.2) is 0 Å². The molecular weight excluding hydrogens is 272 g/mol. The average molecular weight is 300 g/mol. The van der Waals surface area contributed by atoms with Crippen molar-refractivity contribution in [2.24, 2.45) is 11.8 Å². The van der Waals surface area contributed by atoms with Crippen molar-refractivity contribution in [3.8, 4) is 0 Å². The third-order valence-corrected chi connectivity index (χ3v) is 4.05. The summed E-state index contributed by atoms with van der Waals surface area (Å²) in [5, 5.41) is 11.6. The third-order valence-electron chi connectivity index (χ3n) is 4.05. The Morgan fingerprint density at radius 2 is 2.05 bits per heavy atom. The maximum Gasteiger partial charge on any atom is 0.317 e. The van der Waals surface area contributed by atoms with E-state index >= 15 is 0 Å². The van der Waals surface area contributed by atoms with Gasteiger partial charge in [-0.15, -0.1) is 0 Å². The van der Waals surface area contributed by atoms with Crippen LogP contribution < -0.4 is 5.32 Å². The van der Waals surface area contributed by atoms with Crippen molar-refractivity contribution in [2.45, 2.75) is 45.6 Å². The summed E-state index contributed by atoms with van der Waals surface area (Å²) < 4.78 is 5.08. The molecule has 2 N–H and O–H groups in total. The molecular formula is C15H28N2O4. The first kappa shape index (κ1) is 17.8. The number of nitrogens with zero attached hydrogens (tertiary/aromatic N) is 1. The summed E-state index contributed by atoms with van der Waals surface area (Å²) >= 11 is 0. The molecule has 1 saturated carbocycles. The van der Waals surface area contributed by atoms with E-state index in [2.05, 4.69) is 12.2 Å². The van der Waals surface area contributed by atoms with Gasteiger partial charge in [-0.1, -0.05) is 6.92 Å². The minimum atomic E-state index is -0.794. The first-order valence-electron chi connectivity index (χ1n) is 7.70. The van der Waals surface area contributed by atoms with Gasteiger partial charge in [-0.3, -0.25) is 4.79 Å². The lowest BCUT2D eigenvalue weighted by Gasteiger charge is -2.30. The van der Waals surface area contributed by atoms with E-state index in [0.717, 1.165) is 0 Å². The van der Waals surface area contributed by atoms with E-state index in [1.54, 1.807) is 7.11 Å². The van der Waals surface area contributed by atoms with Crippen LogP contribution in [0.2, 0.25) is 0 Å². The average Bonchev–Trinajstić information content (AvgIpc) is 3.27. The Hall–Kier alpha value is -1.30. The van der Waals surface area contributed by atoms with Crippen LogP contribution in [0.25, 0.3) is 0 Å². The Morgan fingerprint density at radius 3 is 2.57 bits per heavy atom. The van der Waals surface area contributed by atoms with Crippen LogP contribution in [0.15, 0.2) is 0 Å². The number of amides is 2. The van der Waals surface area contributed by atoms with E-state index in [9.17, 15) is 9.59 Å². The zero-order chi connectivity index (χ0) is 15.8. The van der Waals surface area contributed by atoms with Crippen LogP contribution in [-0.2, 0) is 9.53 Å². The number of hydrogen-bond acceptors (Lipinski definition) is 3. The predicted molar refractivity (Wildman–Crippen MR) is 80.2 cm³/mol. The van der Waals surface area contributed by atoms with Crippen LogP contribution in [-0.4, -0.2) is 54.9 Å². The Morgan fingerprint density at radius 1 is 1.38 bits per heavy atom. The Labute approximate surface area is 126 Å². The van der Waals surface area contributed by atoms with Crippen LogP contribution in [0.1, 0.15) is 39.5 Å². The van der Waals surface area contributed by atoms with E-state index in [0.29, 0.717) is 32.0 Å². The number of urea groups is 1. The number of hydrogen-bond donors (Lipinski definition) is 2. The van der Waals surface area contributed by atoms with E-state index < -0.39 is 5.97 Å². The van der Waals surface area contributed by atoms with Crippen LogP contribution in [0.5, 0.6) is 0 Å². The minimum absolute atomic E-state index is 0.0753. The molecule has 6 nitrogen and oxygen atoms in total. The van der Waals surface area contributed by atoms with E-state index in [4.69, 9.17) is 9.84 Å². The first-order valence-corrected chi connectivity index (χ1v) is 7.70. The molecule has 21 heavy (non-hydrogen) atoms. The summed E-state index contributed by atoms with van der Waals surface area (Å²) in [7, 11) is 1.63. The molecule has 0 aliphatic heterocycles. The van der Waals surface area contributed by atoms with Crippen molar-refractivity contribution in [1.82, 2.24) is 10.2 Å². The first-order chi connectivity index (χ1) is 9.95. The maximum atomic E-state index is 12.3. The van der Waals surface area contributed by atoms with Gasteiger partial charge < -0.3 is 20.1 Å². The molecule has 0 radical (unpaired) electrons. The number of carboxylic acids is 1. The molecule has 0 spiro atoms. The molecule has 1 aliphatic carbocycles. The molecule has 1 fully saturated rings. The fourth-order valence-electron chi connectivity index (χ4n) is 2.35. The van der Waals surface area contributed by atoms with Gasteiger partial charge >= 0.3 is 12.0 Å². The molecule has 2 atom stereocenters. The van der Waals surface area contributed by atoms with Crippen molar-refractivity contribution in [3.05, 3.63) is 0 Å². The predicted octanol–water partition coefficient (Wildman–Crippen LogP) is 1.94. The van der Waals surface area contributed by atoms with Crippen molar-refractivity contribution in [1.29, 1.82) is 0 Å². The Kier molecular flexibility index (Phi) is 7.50. The zero-order valence-corrected chi connectivity index (χ0v) is 13.3. The van der Waals surface area contributed by atoms with Gasteiger partial charge in [-0.2, -0.15) is 0 Å². The summed E-state index contributed by atoms with van der Waals surface area (Å²) in [4.78, 5) is 24.7. The highest BCUT2D eigenvalue weighted by Crippen LogP contribution is 2.35. The molecule has 0 aromatic heterocycles. The van der Waals surface area contributed by atoms with Crippen molar-refractivity contribution in [3.63, 3.8) is 0 Å². The monoisotopic (exact) mass is 300 g/mol. The molecule has 0 saturated heterocycles. The highest BCUT2D eigenvalue weighted by Gasteiger charge is 2.34. The number of carbonyl (C=O) groups is 2. The second-order valence-electron chi connectivity index (χ2n) is 5.99. The van der Waals surface area contributed by atoms with Crippen LogP contribution >= 0.6 is 0 Å². The third kappa shape index (κ3) is 6.80. The molecule has 6 heteroatoms. The van der Waals surface area contributed by atoms with Gasteiger partial charge in [0.05, 0.1) is 6.61 Å². The van der Waals surface area contributed by atoms with Gasteiger partial charge in [0.2, 0.25) is 0 Å². The number of rotatable bonds is 10.